The highest BCUT2D eigenvalue weighted by Gasteiger charge is 2.34. The molecule has 0 saturated heterocycles. The highest BCUT2D eigenvalue weighted by atomic mass is 79.9. The number of nitrogens with zero attached hydrogens (tertiary/aromatic N) is 2. The van der Waals surface area contributed by atoms with Crippen LogP contribution in [0.15, 0.2) is 22.7 Å². The second-order valence-corrected chi connectivity index (χ2v) is 7.40. The summed E-state index contributed by atoms with van der Waals surface area (Å²) in [7, 11) is 3.14. The van der Waals surface area contributed by atoms with Gasteiger partial charge >= 0.3 is 0 Å². The maximum atomic E-state index is 13.1. The fraction of sp³-hybridized carbons (Fsp3) is 0.474. The average molecular weight is 458 g/mol. The van der Waals surface area contributed by atoms with Gasteiger partial charge in [0.25, 0.3) is 6.43 Å². The van der Waals surface area contributed by atoms with E-state index in [0.717, 1.165) is 18.4 Å². The molecule has 1 amide bonds. The summed E-state index contributed by atoms with van der Waals surface area (Å²) in [6.45, 7) is 0.334. The van der Waals surface area contributed by atoms with Crippen molar-refractivity contribution in [1.29, 1.82) is 0 Å². The van der Waals surface area contributed by atoms with Gasteiger partial charge in [0, 0.05) is 12.5 Å². The number of carbonyl (C=O) groups excluding carboxylic acids is 1. The van der Waals surface area contributed by atoms with Crippen molar-refractivity contribution in [3.8, 4) is 11.5 Å². The fourth-order valence-electron chi connectivity index (χ4n) is 3.05. The van der Waals surface area contributed by atoms with Crippen molar-refractivity contribution < 1.29 is 23.0 Å². The van der Waals surface area contributed by atoms with E-state index in [1.807, 2.05) is 18.2 Å². The third-order valence-electron chi connectivity index (χ3n) is 4.60. The van der Waals surface area contributed by atoms with Gasteiger partial charge in [-0.1, -0.05) is 6.07 Å². The van der Waals surface area contributed by atoms with Crippen LogP contribution in [0.1, 0.15) is 42.1 Å². The van der Waals surface area contributed by atoms with Crippen LogP contribution in [0.25, 0.3) is 0 Å². The predicted molar refractivity (Wildman–Crippen MR) is 103 cm³/mol. The summed E-state index contributed by atoms with van der Waals surface area (Å²) >= 11 is 3.22. The molecule has 1 aliphatic rings. The maximum Gasteiger partial charge on any atom is 0.283 e. The van der Waals surface area contributed by atoms with Crippen LogP contribution in [-0.4, -0.2) is 36.5 Å². The number of aromatic nitrogens is 2. The Morgan fingerprint density at radius 1 is 1.32 bits per heavy atom. The number of nitrogens with one attached hydrogen (secondary N) is 1. The highest BCUT2D eigenvalue weighted by molar-refractivity contribution is 9.10. The van der Waals surface area contributed by atoms with Crippen LogP contribution in [-0.2, 0) is 17.8 Å². The minimum absolute atomic E-state index is 0.0803. The third-order valence-corrected chi connectivity index (χ3v) is 5.42. The Balaban J connectivity index is 1.59. The van der Waals surface area contributed by atoms with Gasteiger partial charge in [0.05, 0.1) is 24.4 Å². The van der Waals surface area contributed by atoms with Crippen LogP contribution in [0.2, 0.25) is 0 Å². The van der Waals surface area contributed by atoms with Crippen LogP contribution in [0.3, 0.4) is 0 Å². The van der Waals surface area contributed by atoms with Crippen LogP contribution < -0.4 is 14.8 Å². The van der Waals surface area contributed by atoms with Gasteiger partial charge in [-0.25, -0.2) is 8.78 Å². The molecule has 0 spiro atoms. The quantitative estimate of drug-likeness (QED) is 0.621. The van der Waals surface area contributed by atoms with Crippen molar-refractivity contribution in [2.24, 2.45) is 0 Å². The average Bonchev–Trinajstić information content (AvgIpc) is 3.45. The molecule has 28 heavy (non-hydrogen) atoms. The van der Waals surface area contributed by atoms with Crippen molar-refractivity contribution in [3.05, 3.63) is 39.6 Å². The lowest BCUT2D eigenvalue weighted by atomic mass is 10.1. The molecule has 1 aromatic carbocycles. The first-order valence-electron chi connectivity index (χ1n) is 8.96. The van der Waals surface area contributed by atoms with Crippen molar-refractivity contribution >= 4 is 21.8 Å². The summed E-state index contributed by atoms with van der Waals surface area (Å²) in [6, 6.07) is 5.57. The van der Waals surface area contributed by atoms with E-state index in [0.29, 0.717) is 34.6 Å². The van der Waals surface area contributed by atoms with E-state index >= 15 is 0 Å². The first kappa shape index (κ1) is 20.6. The monoisotopic (exact) mass is 457 g/mol. The zero-order chi connectivity index (χ0) is 20.3. The van der Waals surface area contributed by atoms with Crippen LogP contribution in [0, 0.1) is 0 Å². The van der Waals surface area contributed by atoms with Gasteiger partial charge in [-0.15, -0.1) is 0 Å². The van der Waals surface area contributed by atoms with E-state index in [9.17, 15) is 13.6 Å². The van der Waals surface area contributed by atoms with E-state index in [4.69, 9.17) is 9.47 Å². The third kappa shape index (κ3) is 4.63. The molecule has 1 fully saturated rings. The van der Waals surface area contributed by atoms with E-state index in [-0.39, 0.29) is 24.1 Å². The largest absolute Gasteiger partial charge is 0.493 e. The van der Waals surface area contributed by atoms with Crippen molar-refractivity contribution in [2.75, 3.05) is 20.8 Å². The summed E-state index contributed by atoms with van der Waals surface area (Å²) in [6.07, 6.45) is -0.227. The molecule has 6 nitrogen and oxygen atoms in total. The van der Waals surface area contributed by atoms with Gasteiger partial charge in [-0.3, -0.25) is 9.48 Å². The number of halogens is 3. The lowest BCUT2D eigenvalue weighted by Crippen LogP contribution is -2.30. The van der Waals surface area contributed by atoms with Gasteiger partial charge in [-0.2, -0.15) is 5.10 Å². The predicted octanol–water partition coefficient (Wildman–Crippen LogP) is 3.84. The maximum absolute atomic E-state index is 13.1. The zero-order valence-corrected chi connectivity index (χ0v) is 17.3. The molecule has 0 unspecified atom stereocenters. The second-order valence-electron chi connectivity index (χ2n) is 6.61. The molecule has 1 saturated carbocycles. The number of amides is 1. The summed E-state index contributed by atoms with van der Waals surface area (Å²) in [5.74, 6) is 1.19. The van der Waals surface area contributed by atoms with Gasteiger partial charge in [0.1, 0.15) is 12.2 Å². The van der Waals surface area contributed by atoms with E-state index in [1.54, 1.807) is 14.2 Å². The molecule has 152 valence electrons. The Morgan fingerprint density at radius 2 is 2.04 bits per heavy atom. The molecule has 3 rings (SSSR count). The Kier molecular flexibility index (Phi) is 6.53. The number of hydrogen-bond donors (Lipinski definition) is 1. The lowest BCUT2D eigenvalue weighted by molar-refractivity contribution is -0.121. The normalized spacial score (nSPS) is 13.6. The minimum atomic E-state index is -2.68. The SMILES string of the molecule is COc1ccc(CCNC(=O)Cn2nc(C(F)F)c(Br)c2C2CC2)cc1OC. The Hall–Kier alpha value is -2.16. The smallest absolute Gasteiger partial charge is 0.283 e. The van der Waals surface area contributed by atoms with E-state index in [2.05, 4.69) is 26.3 Å². The van der Waals surface area contributed by atoms with Crippen LogP contribution >= 0.6 is 15.9 Å². The summed E-state index contributed by atoms with van der Waals surface area (Å²) in [4.78, 5) is 12.3. The number of hydrogen-bond acceptors (Lipinski definition) is 4. The number of methoxy groups -OCH3 is 2. The first-order chi connectivity index (χ1) is 13.4. The van der Waals surface area contributed by atoms with Crippen molar-refractivity contribution in [3.63, 3.8) is 0 Å². The van der Waals surface area contributed by atoms with Gasteiger partial charge in [0.2, 0.25) is 5.91 Å². The molecule has 2 aromatic rings. The summed E-state index contributed by atoms with van der Waals surface area (Å²) in [5, 5.41) is 6.76. The molecule has 0 bridgehead atoms. The topological polar surface area (TPSA) is 65.4 Å². The number of benzene rings is 1. The molecular formula is C19H22BrF2N3O3. The Bertz CT molecular complexity index is 853. The molecular weight excluding hydrogens is 436 g/mol. The van der Waals surface area contributed by atoms with E-state index in [1.165, 1.54) is 4.68 Å². The molecule has 1 aromatic heterocycles. The number of ether oxygens (including phenoxy) is 2. The first-order valence-corrected chi connectivity index (χ1v) is 9.75. The van der Waals surface area contributed by atoms with Crippen molar-refractivity contribution in [1.82, 2.24) is 15.1 Å². The second kappa shape index (κ2) is 8.89. The molecule has 1 aliphatic carbocycles. The van der Waals surface area contributed by atoms with Gasteiger partial charge in [-0.05, 0) is 52.9 Å². The highest BCUT2D eigenvalue weighted by Crippen LogP contribution is 2.45. The molecule has 0 aliphatic heterocycles. The Morgan fingerprint density at radius 3 is 2.64 bits per heavy atom. The number of carbonyl (C=O) groups is 1. The molecule has 1 heterocycles. The summed E-state index contributed by atoms with van der Waals surface area (Å²) in [5.41, 5.74) is 1.36. The molecule has 9 heteroatoms. The van der Waals surface area contributed by atoms with Crippen LogP contribution in [0.4, 0.5) is 8.78 Å². The number of rotatable bonds is 9. The molecule has 0 radical (unpaired) electrons. The summed E-state index contributed by atoms with van der Waals surface area (Å²) < 4.78 is 38.4. The lowest BCUT2D eigenvalue weighted by Gasteiger charge is -2.11. The van der Waals surface area contributed by atoms with Crippen molar-refractivity contribution in [2.45, 2.75) is 38.2 Å². The fourth-order valence-corrected chi connectivity index (χ4v) is 3.83. The minimum Gasteiger partial charge on any atom is -0.493 e. The van der Waals surface area contributed by atoms with Gasteiger partial charge in [0.15, 0.2) is 11.5 Å². The standard InChI is InChI=1S/C19H22BrF2N3O3/c1-27-13-6-3-11(9-14(13)28-2)7-8-23-15(26)10-25-18(12-4-5-12)16(20)17(24-25)19(21)22/h3,6,9,12,19H,4-5,7-8,10H2,1-2H3,(H,23,26). The Labute approximate surface area is 170 Å². The van der Waals surface area contributed by atoms with E-state index < -0.39 is 6.43 Å². The number of alkyl halides is 2. The zero-order valence-electron chi connectivity index (χ0n) is 15.7. The molecule has 1 N–H and O–H groups in total. The van der Waals surface area contributed by atoms with Crippen LogP contribution in [0.5, 0.6) is 11.5 Å². The van der Waals surface area contributed by atoms with Gasteiger partial charge < -0.3 is 14.8 Å². The molecule has 0 atom stereocenters.